The third-order valence-corrected chi connectivity index (χ3v) is 5.62. The maximum atomic E-state index is 12.7. The van der Waals surface area contributed by atoms with Crippen molar-refractivity contribution in [2.45, 2.75) is 39.3 Å². The third kappa shape index (κ3) is 3.64. The van der Waals surface area contributed by atoms with E-state index in [0.29, 0.717) is 5.69 Å². The van der Waals surface area contributed by atoms with E-state index >= 15 is 0 Å². The summed E-state index contributed by atoms with van der Waals surface area (Å²) < 4.78 is 1.77. The van der Waals surface area contributed by atoms with Gasteiger partial charge in [-0.3, -0.25) is 9.69 Å². The molecule has 136 valence electrons. The third-order valence-electron chi connectivity index (χ3n) is 4.76. The van der Waals surface area contributed by atoms with Gasteiger partial charge in [0.05, 0.1) is 5.69 Å². The summed E-state index contributed by atoms with van der Waals surface area (Å²) in [6.07, 6.45) is 2.11. The fourth-order valence-electron chi connectivity index (χ4n) is 3.56. The molecule has 26 heavy (non-hydrogen) atoms. The molecule has 1 aliphatic heterocycles. The molecule has 0 aromatic carbocycles. The van der Waals surface area contributed by atoms with Crippen LogP contribution in [0.1, 0.15) is 39.6 Å². The number of thiophene rings is 1. The summed E-state index contributed by atoms with van der Waals surface area (Å²) in [6, 6.07) is 8.13. The molecule has 1 amide bonds. The number of aryl methyl sites for hydroxylation is 2. The standard InChI is InChI=1S/C19H23N5OS/c1-13-9-18-21-17(10-14(2)24(18)22-13)19(25)20-15-5-3-7-23(11-15)12-16-6-4-8-26-16/h4,6,8-10,15H,3,5,7,11-12H2,1-2H3,(H,20,25). The van der Waals surface area contributed by atoms with Crippen LogP contribution in [-0.4, -0.2) is 44.5 Å². The monoisotopic (exact) mass is 369 g/mol. The molecule has 3 aromatic rings. The first-order chi connectivity index (χ1) is 12.6. The molecule has 0 radical (unpaired) electrons. The minimum Gasteiger partial charge on any atom is -0.347 e. The van der Waals surface area contributed by atoms with E-state index in [0.717, 1.165) is 49.5 Å². The zero-order valence-corrected chi connectivity index (χ0v) is 15.9. The Morgan fingerprint density at radius 3 is 3.08 bits per heavy atom. The van der Waals surface area contributed by atoms with Crippen molar-refractivity contribution in [2.24, 2.45) is 0 Å². The highest BCUT2D eigenvalue weighted by molar-refractivity contribution is 7.09. The first-order valence-electron chi connectivity index (χ1n) is 8.98. The van der Waals surface area contributed by atoms with Gasteiger partial charge in [0, 0.05) is 35.8 Å². The van der Waals surface area contributed by atoms with Crippen LogP contribution in [0.5, 0.6) is 0 Å². The van der Waals surface area contributed by atoms with Gasteiger partial charge in [-0.15, -0.1) is 11.3 Å². The second-order valence-electron chi connectivity index (χ2n) is 6.97. The number of hydrogen-bond acceptors (Lipinski definition) is 5. The molecule has 1 N–H and O–H groups in total. The van der Waals surface area contributed by atoms with Crippen molar-refractivity contribution in [1.82, 2.24) is 24.8 Å². The highest BCUT2D eigenvalue weighted by atomic mass is 32.1. The van der Waals surface area contributed by atoms with Crippen molar-refractivity contribution < 1.29 is 4.79 Å². The van der Waals surface area contributed by atoms with E-state index in [1.807, 2.05) is 19.9 Å². The molecule has 0 spiro atoms. The Labute approximate surface area is 156 Å². The average molecular weight is 369 g/mol. The van der Waals surface area contributed by atoms with E-state index in [-0.39, 0.29) is 11.9 Å². The van der Waals surface area contributed by atoms with Gasteiger partial charge in [-0.1, -0.05) is 6.07 Å². The van der Waals surface area contributed by atoms with Gasteiger partial charge in [0.15, 0.2) is 5.65 Å². The maximum Gasteiger partial charge on any atom is 0.270 e. The number of likely N-dealkylation sites (tertiary alicyclic amines) is 1. The van der Waals surface area contributed by atoms with E-state index in [2.05, 4.69) is 37.8 Å². The van der Waals surface area contributed by atoms with Crippen molar-refractivity contribution >= 4 is 22.9 Å². The topological polar surface area (TPSA) is 62.5 Å². The summed E-state index contributed by atoms with van der Waals surface area (Å²) in [4.78, 5) is 21.0. The van der Waals surface area contributed by atoms with Gasteiger partial charge in [0.2, 0.25) is 0 Å². The van der Waals surface area contributed by atoms with Crippen molar-refractivity contribution in [2.75, 3.05) is 13.1 Å². The van der Waals surface area contributed by atoms with Crippen LogP contribution < -0.4 is 5.32 Å². The van der Waals surface area contributed by atoms with Crippen molar-refractivity contribution in [3.05, 3.63) is 51.6 Å². The van der Waals surface area contributed by atoms with Gasteiger partial charge >= 0.3 is 0 Å². The number of rotatable bonds is 4. The van der Waals surface area contributed by atoms with Crippen molar-refractivity contribution in [3.63, 3.8) is 0 Å². The first kappa shape index (κ1) is 17.2. The summed E-state index contributed by atoms with van der Waals surface area (Å²) in [7, 11) is 0. The smallest absolute Gasteiger partial charge is 0.270 e. The van der Waals surface area contributed by atoms with Crippen LogP contribution in [0.3, 0.4) is 0 Å². The lowest BCUT2D eigenvalue weighted by Gasteiger charge is -2.32. The Bertz CT molecular complexity index is 918. The summed E-state index contributed by atoms with van der Waals surface area (Å²) in [6.45, 7) is 6.81. The molecular formula is C19H23N5OS. The Balaban J connectivity index is 1.44. The summed E-state index contributed by atoms with van der Waals surface area (Å²) in [5, 5.41) is 9.68. The van der Waals surface area contributed by atoms with Gasteiger partial charge in [-0.2, -0.15) is 5.10 Å². The predicted octanol–water partition coefficient (Wildman–Crippen LogP) is 2.80. The van der Waals surface area contributed by atoms with Crippen molar-refractivity contribution in [1.29, 1.82) is 0 Å². The molecule has 1 saturated heterocycles. The van der Waals surface area contributed by atoms with Gasteiger partial charge in [-0.25, -0.2) is 9.50 Å². The number of carbonyl (C=O) groups is 1. The highest BCUT2D eigenvalue weighted by Crippen LogP contribution is 2.17. The fraction of sp³-hybridized carbons (Fsp3) is 0.421. The van der Waals surface area contributed by atoms with Crippen LogP contribution in [-0.2, 0) is 6.54 Å². The molecular weight excluding hydrogens is 346 g/mol. The number of fused-ring (bicyclic) bond motifs is 1. The lowest BCUT2D eigenvalue weighted by Crippen LogP contribution is -2.47. The minimum absolute atomic E-state index is 0.0996. The van der Waals surface area contributed by atoms with E-state index in [9.17, 15) is 4.79 Å². The first-order valence-corrected chi connectivity index (χ1v) is 9.86. The van der Waals surface area contributed by atoms with Gasteiger partial charge in [-0.05, 0) is 50.7 Å². The summed E-state index contributed by atoms with van der Waals surface area (Å²) >= 11 is 1.79. The molecule has 6 nitrogen and oxygen atoms in total. The summed E-state index contributed by atoms with van der Waals surface area (Å²) in [5.41, 5.74) is 2.99. The van der Waals surface area contributed by atoms with Crippen LogP contribution in [0.15, 0.2) is 29.6 Å². The predicted molar refractivity (Wildman–Crippen MR) is 103 cm³/mol. The maximum absolute atomic E-state index is 12.7. The minimum atomic E-state index is -0.0996. The van der Waals surface area contributed by atoms with E-state index in [1.54, 1.807) is 21.9 Å². The SMILES string of the molecule is Cc1cc2nc(C(=O)NC3CCCN(Cc4cccs4)C3)cc(C)n2n1. The van der Waals surface area contributed by atoms with Crippen LogP contribution >= 0.6 is 11.3 Å². The Hall–Kier alpha value is -2.25. The molecule has 0 saturated carbocycles. The molecule has 1 aliphatic rings. The molecule has 1 fully saturated rings. The Morgan fingerprint density at radius 1 is 1.38 bits per heavy atom. The van der Waals surface area contributed by atoms with E-state index < -0.39 is 0 Å². The molecule has 4 rings (SSSR count). The number of amides is 1. The number of piperidine rings is 1. The molecule has 1 atom stereocenters. The molecule has 3 aromatic heterocycles. The Kier molecular flexibility index (Phi) is 4.74. The van der Waals surface area contributed by atoms with Gasteiger partial charge in [0.25, 0.3) is 5.91 Å². The quantitative estimate of drug-likeness (QED) is 0.768. The largest absolute Gasteiger partial charge is 0.347 e. The second-order valence-corrected chi connectivity index (χ2v) is 8.00. The number of aromatic nitrogens is 3. The lowest BCUT2D eigenvalue weighted by molar-refractivity contribution is 0.0896. The normalized spacial score (nSPS) is 18.3. The van der Waals surface area contributed by atoms with Gasteiger partial charge < -0.3 is 5.32 Å². The summed E-state index contributed by atoms with van der Waals surface area (Å²) in [5.74, 6) is -0.0996. The van der Waals surface area contributed by atoms with Crippen LogP contribution in [0.25, 0.3) is 5.65 Å². The lowest BCUT2D eigenvalue weighted by atomic mass is 10.1. The van der Waals surface area contributed by atoms with E-state index in [1.165, 1.54) is 4.88 Å². The van der Waals surface area contributed by atoms with Gasteiger partial charge in [0.1, 0.15) is 5.69 Å². The van der Waals surface area contributed by atoms with Crippen LogP contribution in [0.4, 0.5) is 0 Å². The zero-order chi connectivity index (χ0) is 18.1. The number of nitrogens with zero attached hydrogens (tertiary/aromatic N) is 4. The second kappa shape index (κ2) is 7.17. The Morgan fingerprint density at radius 2 is 2.27 bits per heavy atom. The van der Waals surface area contributed by atoms with E-state index in [4.69, 9.17) is 0 Å². The number of nitrogens with one attached hydrogen (secondary N) is 1. The molecule has 0 aliphatic carbocycles. The molecule has 1 unspecified atom stereocenters. The number of carbonyl (C=O) groups excluding carboxylic acids is 1. The molecule has 4 heterocycles. The van der Waals surface area contributed by atoms with Crippen LogP contribution in [0, 0.1) is 13.8 Å². The van der Waals surface area contributed by atoms with Crippen molar-refractivity contribution in [3.8, 4) is 0 Å². The highest BCUT2D eigenvalue weighted by Gasteiger charge is 2.23. The van der Waals surface area contributed by atoms with Crippen LogP contribution in [0.2, 0.25) is 0 Å². The number of hydrogen-bond donors (Lipinski definition) is 1. The molecule has 7 heteroatoms. The molecule has 0 bridgehead atoms. The zero-order valence-electron chi connectivity index (χ0n) is 15.1. The fourth-order valence-corrected chi connectivity index (χ4v) is 4.30. The average Bonchev–Trinajstić information content (AvgIpc) is 3.24.